The molecule has 0 radical (unpaired) electrons. The number of ether oxygens (including phenoxy) is 3. The van der Waals surface area contributed by atoms with E-state index in [4.69, 9.17) is 14.2 Å². The summed E-state index contributed by atoms with van der Waals surface area (Å²) in [5.41, 5.74) is 1.66. The van der Waals surface area contributed by atoms with Crippen LogP contribution in [-0.2, 0) is 9.53 Å². The summed E-state index contributed by atoms with van der Waals surface area (Å²) in [6, 6.07) is 13.2. The van der Waals surface area contributed by atoms with Crippen LogP contribution in [0.1, 0.15) is 5.56 Å². The quantitative estimate of drug-likeness (QED) is 0.655. The van der Waals surface area contributed by atoms with E-state index in [2.05, 4.69) is 20.9 Å². The normalized spacial score (nSPS) is 14.4. The predicted octanol–water partition coefficient (Wildman–Crippen LogP) is 3.45. The van der Waals surface area contributed by atoms with Crippen LogP contribution in [0.4, 0.5) is 5.69 Å². The number of para-hydroxylation sites is 2. The van der Waals surface area contributed by atoms with Gasteiger partial charge < -0.3 is 19.1 Å². The first kappa shape index (κ1) is 19.4. The number of carbonyl (C=O) groups is 1. The van der Waals surface area contributed by atoms with E-state index in [1.54, 1.807) is 18.2 Å². The van der Waals surface area contributed by atoms with Crippen LogP contribution in [0.3, 0.4) is 0 Å². The van der Waals surface area contributed by atoms with Crippen LogP contribution in [0.15, 0.2) is 51.9 Å². The van der Waals surface area contributed by atoms with E-state index in [9.17, 15) is 4.79 Å². The van der Waals surface area contributed by atoms with Crippen molar-refractivity contribution in [2.75, 3.05) is 40.0 Å². The summed E-state index contributed by atoms with van der Waals surface area (Å²) < 4.78 is 17.0. The Morgan fingerprint density at radius 1 is 1.22 bits per heavy atom. The highest BCUT2D eigenvalue weighted by Gasteiger charge is 2.17. The van der Waals surface area contributed by atoms with E-state index in [-0.39, 0.29) is 12.5 Å². The largest absolute Gasteiger partial charge is 0.494 e. The Hall–Kier alpha value is -2.38. The zero-order valence-corrected chi connectivity index (χ0v) is 16.6. The Morgan fingerprint density at radius 3 is 2.74 bits per heavy atom. The van der Waals surface area contributed by atoms with Crippen LogP contribution >= 0.6 is 15.9 Å². The van der Waals surface area contributed by atoms with Crippen molar-refractivity contribution < 1.29 is 19.0 Å². The summed E-state index contributed by atoms with van der Waals surface area (Å²) in [5.74, 6) is 1.30. The molecule has 2 aromatic rings. The number of aliphatic imine (C=N–C) groups is 1. The molecular weight excluding hydrogens is 412 g/mol. The fourth-order valence-corrected chi connectivity index (χ4v) is 3.15. The van der Waals surface area contributed by atoms with Crippen molar-refractivity contribution in [1.29, 1.82) is 0 Å². The lowest BCUT2D eigenvalue weighted by molar-refractivity contribution is -0.137. The first-order valence-corrected chi connectivity index (χ1v) is 9.41. The van der Waals surface area contributed by atoms with Crippen molar-refractivity contribution in [1.82, 2.24) is 4.90 Å². The van der Waals surface area contributed by atoms with E-state index in [0.717, 1.165) is 21.5 Å². The number of morpholine rings is 1. The topological polar surface area (TPSA) is 60.4 Å². The highest BCUT2D eigenvalue weighted by atomic mass is 79.9. The number of methoxy groups -OCH3 is 1. The zero-order valence-electron chi connectivity index (χ0n) is 15.1. The molecule has 2 aromatic carbocycles. The first-order chi connectivity index (χ1) is 13.2. The number of benzene rings is 2. The standard InChI is InChI=1S/C20H21BrN2O4/c1-25-19-5-3-2-4-17(19)22-13-15-6-7-18(16(21)12-15)27-14-20(24)23-8-10-26-11-9-23/h2-7,12-13H,8-11,14H2,1H3. The zero-order chi connectivity index (χ0) is 19.1. The lowest BCUT2D eigenvalue weighted by Crippen LogP contribution is -2.43. The number of rotatable bonds is 6. The molecular formula is C20H21BrN2O4. The molecule has 1 amide bonds. The Bertz CT molecular complexity index is 819. The van der Waals surface area contributed by atoms with E-state index >= 15 is 0 Å². The molecule has 0 aliphatic carbocycles. The fourth-order valence-electron chi connectivity index (χ4n) is 2.64. The summed E-state index contributed by atoms with van der Waals surface area (Å²) >= 11 is 3.49. The van der Waals surface area contributed by atoms with Crippen LogP contribution in [0.25, 0.3) is 0 Å². The molecule has 27 heavy (non-hydrogen) atoms. The van der Waals surface area contributed by atoms with Gasteiger partial charge in [-0.05, 0) is 51.8 Å². The van der Waals surface area contributed by atoms with Gasteiger partial charge in [0.2, 0.25) is 0 Å². The molecule has 1 aliphatic heterocycles. The van der Waals surface area contributed by atoms with Crippen molar-refractivity contribution in [3.05, 3.63) is 52.5 Å². The Kier molecular flexibility index (Phi) is 6.84. The third-order valence-corrected chi connectivity index (χ3v) is 4.73. The van der Waals surface area contributed by atoms with E-state index in [1.807, 2.05) is 42.5 Å². The van der Waals surface area contributed by atoms with Gasteiger partial charge in [0.05, 0.1) is 24.8 Å². The van der Waals surface area contributed by atoms with Gasteiger partial charge in [0, 0.05) is 19.3 Å². The van der Waals surface area contributed by atoms with Gasteiger partial charge in [-0.3, -0.25) is 9.79 Å². The molecule has 1 saturated heterocycles. The first-order valence-electron chi connectivity index (χ1n) is 8.62. The predicted molar refractivity (Wildman–Crippen MR) is 107 cm³/mol. The molecule has 0 aromatic heterocycles. The van der Waals surface area contributed by atoms with Gasteiger partial charge in [-0.25, -0.2) is 0 Å². The van der Waals surface area contributed by atoms with Gasteiger partial charge in [0.15, 0.2) is 6.61 Å². The molecule has 3 rings (SSSR count). The second-order valence-corrected chi connectivity index (χ2v) is 6.76. The average Bonchev–Trinajstić information content (AvgIpc) is 2.72. The molecule has 142 valence electrons. The summed E-state index contributed by atoms with van der Waals surface area (Å²) in [5, 5.41) is 0. The summed E-state index contributed by atoms with van der Waals surface area (Å²) in [7, 11) is 1.62. The average molecular weight is 433 g/mol. The molecule has 6 nitrogen and oxygen atoms in total. The van der Waals surface area contributed by atoms with Crippen molar-refractivity contribution >= 4 is 33.7 Å². The maximum atomic E-state index is 12.2. The lowest BCUT2D eigenvalue weighted by atomic mass is 10.2. The molecule has 0 bridgehead atoms. The second-order valence-electron chi connectivity index (χ2n) is 5.90. The van der Waals surface area contributed by atoms with E-state index in [1.165, 1.54) is 0 Å². The molecule has 7 heteroatoms. The van der Waals surface area contributed by atoms with Gasteiger partial charge in [-0.2, -0.15) is 0 Å². The minimum atomic E-state index is -0.0352. The second kappa shape index (κ2) is 9.53. The van der Waals surface area contributed by atoms with Crippen molar-refractivity contribution in [2.24, 2.45) is 4.99 Å². The molecule has 0 spiro atoms. The molecule has 1 fully saturated rings. The van der Waals surface area contributed by atoms with Gasteiger partial charge in [-0.15, -0.1) is 0 Å². The van der Waals surface area contributed by atoms with Gasteiger partial charge in [0.1, 0.15) is 17.2 Å². The Balaban J connectivity index is 1.61. The molecule has 0 atom stereocenters. The highest BCUT2D eigenvalue weighted by Crippen LogP contribution is 2.28. The molecule has 0 unspecified atom stereocenters. The summed E-state index contributed by atoms with van der Waals surface area (Å²) in [6.45, 7) is 2.39. The number of nitrogens with zero attached hydrogens (tertiary/aromatic N) is 2. The van der Waals surface area contributed by atoms with Crippen LogP contribution in [0.5, 0.6) is 11.5 Å². The molecule has 0 N–H and O–H groups in total. The maximum Gasteiger partial charge on any atom is 0.260 e. The minimum Gasteiger partial charge on any atom is -0.494 e. The SMILES string of the molecule is COc1ccccc1N=Cc1ccc(OCC(=O)N2CCOCC2)c(Br)c1. The van der Waals surface area contributed by atoms with Crippen LogP contribution in [0, 0.1) is 0 Å². The lowest BCUT2D eigenvalue weighted by Gasteiger charge is -2.26. The van der Waals surface area contributed by atoms with Gasteiger partial charge >= 0.3 is 0 Å². The fraction of sp³-hybridized carbons (Fsp3) is 0.300. The van der Waals surface area contributed by atoms with Gasteiger partial charge in [-0.1, -0.05) is 12.1 Å². The smallest absolute Gasteiger partial charge is 0.260 e. The Morgan fingerprint density at radius 2 is 2.00 bits per heavy atom. The van der Waals surface area contributed by atoms with E-state index < -0.39 is 0 Å². The highest BCUT2D eigenvalue weighted by molar-refractivity contribution is 9.10. The van der Waals surface area contributed by atoms with Gasteiger partial charge in [0.25, 0.3) is 5.91 Å². The van der Waals surface area contributed by atoms with Crippen molar-refractivity contribution in [2.45, 2.75) is 0 Å². The summed E-state index contributed by atoms with van der Waals surface area (Å²) in [4.78, 5) is 18.4. The third kappa shape index (κ3) is 5.30. The van der Waals surface area contributed by atoms with Crippen LogP contribution in [-0.4, -0.2) is 57.0 Å². The van der Waals surface area contributed by atoms with Crippen molar-refractivity contribution in [3.8, 4) is 11.5 Å². The summed E-state index contributed by atoms with van der Waals surface area (Å²) in [6.07, 6.45) is 1.76. The number of carbonyl (C=O) groups excluding carboxylic acids is 1. The molecule has 1 aliphatic rings. The minimum absolute atomic E-state index is 0.00719. The maximum absolute atomic E-state index is 12.2. The van der Waals surface area contributed by atoms with Crippen molar-refractivity contribution in [3.63, 3.8) is 0 Å². The molecule has 1 heterocycles. The Labute approximate surface area is 166 Å². The molecule has 0 saturated carbocycles. The van der Waals surface area contributed by atoms with E-state index in [0.29, 0.717) is 32.1 Å². The van der Waals surface area contributed by atoms with Crippen LogP contribution < -0.4 is 9.47 Å². The van der Waals surface area contributed by atoms with Crippen LogP contribution in [0.2, 0.25) is 0 Å². The number of hydrogen-bond acceptors (Lipinski definition) is 5. The number of halogens is 1. The number of amides is 1. The number of hydrogen-bond donors (Lipinski definition) is 0. The monoisotopic (exact) mass is 432 g/mol. The third-order valence-electron chi connectivity index (χ3n) is 4.11.